The van der Waals surface area contributed by atoms with Crippen molar-refractivity contribution < 1.29 is 0 Å². The molecule has 0 amide bonds. The third-order valence-electron chi connectivity index (χ3n) is 3.02. The van der Waals surface area contributed by atoms with Gasteiger partial charge in [-0.3, -0.25) is 4.98 Å². The Morgan fingerprint density at radius 2 is 2.06 bits per heavy atom. The predicted molar refractivity (Wildman–Crippen MR) is 73.4 cm³/mol. The van der Waals surface area contributed by atoms with E-state index in [1.807, 2.05) is 30.8 Å². The smallest absolute Gasteiger partial charge is 0.0456 e. The van der Waals surface area contributed by atoms with Crippen LogP contribution in [-0.2, 0) is 12.8 Å². The first-order valence-corrected chi connectivity index (χ1v) is 6.85. The molecule has 0 saturated heterocycles. The molecule has 2 nitrogen and oxygen atoms in total. The van der Waals surface area contributed by atoms with E-state index in [9.17, 15) is 0 Å². The Hall–Kier alpha value is -1.19. The monoisotopic (exact) mass is 246 g/mol. The molecule has 1 unspecified atom stereocenters. The number of pyridine rings is 1. The zero-order chi connectivity index (χ0) is 12.1. The average molecular weight is 246 g/mol. The lowest BCUT2D eigenvalue weighted by atomic mass is 10.0. The first-order valence-electron chi connectivity index (χ1n) is 5.97. The molecule has 0 aliphatic carbocycles. The van der Waals surface area contributed by atoms with Gasteiger partial charge in [-0.15, -0.1) is 11.3 Å². The number of hydrogen-bond donors (Lipinski definition) is 1. The van der Waals surface area contributed by atoms with Gasteiger partial charge in [0.25, 0.3) is 0 Å². The van der Waals surface area contributed by atoms with E-state index in [0.29, 0.717) is 6.04 Å². The highest BCUT2D eigenvalue weighted by molar-refractivity contribution is 7.10. The van der Waals surface area contributed by atoms with Crippen LogP contribution < -0.4 is 5.32 Å². The van der Waals surface area contributed by atoms with Gasteiger partial charge in [0.05, 0.1) is 0 Å². The largest absolute Gasteiger partial charge is 0.312 e. The van der Waals surface area contributed by atoms with Gasteiger partial charge in [-0.2, -0.15) is 0 Å². The molecule has 2 rings (SSSR count). The van der Waals surface area contributed by atoms with E-state index in [4.69, 9.17) is 0 Å². The van der Waals surface area contributed by atoms with E-state index in [2.05, 4.69) is 40.8 Å². The van der Waals surface area contributed by atoms with Crippen molar-refractivity contribution in [3.8, 4) is 0 Å². The SMILES string of the molecule is CCc1ccsc1C(Cc1ccncc1)NC. The molecule has 17 heavy (non-hydrogen) atoms. The quantitative estimate of drug-likeness (QED) is 0.876. The normalized spacial score (nSPS) is 12.6. The minimum absolute atomic E-state index is 0.410. The summed E-state index contributed by atoms with van der Waals surface area (Å²) < 4.78 is 0. The molecule has 0 aliphatic rings. The Morgan fingerprint density at radius 3 is 2.71 bits per heavy atom. The van der Waals surface area contributed by atoms with Crippen molar-refractivity contribution in [2.45, 2.75) is 25.8 Å². The minimum atomic E-state index is 0.410. The van der Waals surface area contributed by atoms with Crippen LogP contribution >= 0.6 is 11.3 Å². The highest BCUT2D eigenvalue weighted by atomic mass is 32.1. The third kappa shape index (κ3) is 2.93. The van der Waals surface area contributed by atoms with Gasteiger partial charge in [-0.25, -0.2) is 0 Å². The summed E-state index contributed by atoms with van der Waals surface area (Å²) >= 11 is 1.85. The van der Waals surface area contributed by atoms with Gasteiger partial charge < -0.3 is 5.32 Å². The number of aromatic nitrogens is 1. The second kappa shape index (κ2) is 5.94. The number of rotatable bonds is 5. The first kappa shape index (κ1) is 12.3. The number of hydrogen-bond acceptors (Lipinski definition) is 3. The summed E-state index contributed by atoms with van der Waals surface area (Å²) in [7, 11) is 2.03. The lowest BCUT2D eigenvalue weighted by molar-refractivity contribution is 0.597. The Kier molecular flexibility index (Phi) is 4.29. The molecule has 0 radical (unpaired) electrons. The molecule has 0 spiro atoms. The lowest BCUT2D eigenvalue weighted by Crippen LogP contribution is -2.18. The fraction of sp³-hybridized carbons (Fsp3) is 0.357. The Labute approximate surface area is 107 Å². The van der Waals surface area contributed by atoms with Gasteiger partial charge in [0.1, 0.15) is 0 Å². The summed E-state index contributed by atoms with van der Waals surface area (Å²) in [5.74, 6) is 0. The first-order chi connectivity index (χ1) is 8.35. The van der Waals surface area contributed by atoms with Gasteiger partial charge in [-0.05, 0) is 54.6 Å². The number of nitrogens with zero attached hydrogens (tertiary/aromatic N) is 1. The number of aryl methyl sites for hydroxylation is 1. The molecule has 0 bridgehead atoms. The van der Waals surface area contributed by atoms with Crippen molar-refractivity contribution in [3.63, 3.8) is 0 Å². The average Bonchev–Trinajstić information content (AvgIpc) is 2.85. The van der Waals surface area contributed by atoms with Crippen molar-refractivity contribution in [3.05, 3.63) is 52.0 Å². The molecule has 0 aromatic carbocycles. The molecule has 2 heterocycles. The summed E-state index contributed by atoms with van der Waals surface area (Å²) in [6.45, 7) is 2.21. The van der Waals surface area contributed by atoms with Crippen molar-refractivity contribution in [2.75, 3.05) is 7.05 Å². The molecule has 90 valence electrons. The minimum Gasteiger partial charge on any atom is -0.312 e. The molecule has 0 aliphatic heterocycles. The Balaban J connectivity index is 2.17. The summed E-state index contributed by atoms with van der Waals surface area (Å²) in [5.41, 5.74) is 2.79. The molecule has 3 heteroatoms. The number of likely N-dealkylation sites (N-methyl/N-ethyl adjacent to an activating group) is 1. The van der Waals surface area contributed by atoms with Crippen LogP contribution in [0, 0.1) is 0 Å². The molecular formula is C14H18N2S. The third-order valence-corrected chi connectivity index (χ3v) is 4.09. The van der Waals surface area contributed by atoms with Crippen LogP contribution in [0.5, 0.6) is 0 Å². The van der Waals surface area contributed by atoms with Gasteiger partial charge in [0, 0.05) is 23.3 Å². The van der Waals surface area contributed by atoms with E-state index in [0.717, 1.165) is 12.8 Å². The molecule has 2 aromatic heterocycles. The second-order valence-corrected chi connectivity index (χ2v) is 5.01. The maximum Gasteiger partial charge on any atom is 0.0456 e. The van der Waals surface area contributed by atoms with Crippen LogP contribution in [0.4, 0.5) is 0 Å². The standard InChI is InChI=1S/C14H18N2S/c1-3-12-6-9-17-14(12)13(15-2)10-11-4-7-16-8-5-11/h4-9,13,15H,3,10H2,1-2H3. The molecule has 1 atom stereocenters. The molecule has 1 N–H and O–H groups in total. The van der Waals surface area contributed by atoms with Crippen LogP contribution in [0.3, 0.4) is 0 Å². The van der Waals surface area contributed by atoms with E-state index in [1.165, 1.54) is 16.0 Å². The topological polar surface area (TPSA) is 24.9 Å². The van der Waals surface area contributed by atoms with Crippen molar-refractivity contribution >= 4 is 11.3 Å². The summed E-state index contributed by atoms with van der Waals surface area (Å²) in [4.78, 5) is 5.52. The van der Waals surface area contributed by atoms with E-state index < -0.39 is 0 Å². The Bertz CT molecular complexity index is 450. The summed E-state index contributed by atoms with van der Waals surface area (Å²) in [6.07, 6.45) is 5.84. The fourth-order valence-corrected chi connectivity index (χ4v) is 3.13. The number of nitrogens with one attached hydrogen (secondary N) is 1. The second-order valence-electron chi connectivity index (χ2n) is 4.06. The van der Waals surface area contributed by atoms with Gasteiger partial charge >= 0.3 is 0 Å². The van der Waals surface area contributed by atoms with E-state index >= 15 is 0 Å². The van der Waals surface area contributed by atoms with Crippen LogP contribution in [0.2, 0.25) is 0 Å². The zero-order valence-electron chi connectivity index (χ0n) is 10.3. The molecule has 0 saturated carbocycles. The number of thiophene rings is 1. The van der Waals surface area contributed by atoms with Gasteiger partial charge in [0.2, 0.25) is 0 Å². The lowest BCUT2D eigenvalue weighted by Gasteiger charge is -2.16. The molecule has 2 aromatic rings. The van der Waals surface area contributed by atoms with E-state index in [1.54, 1.807) is 0 Å². The maximum atomic E-state index is 4.06. The Morgan fingerprint density at radius 1 is 1.29 bits per heavy atom. The van der Waals surface area contributed by atoms with Crippen molar-refractivity contribution in [1.82, 2.24) is 10.3 Å². The summed E-state index contributed by atoms with van der Waals surface area (Å²) in [5, 5.41) is 5.60. The zero-order valence-corrected chi connectivity index (χ0v) is 11.1. The molecular weight excluding hydrogens is 228 g/mol. The predicted octanol–water partition coefficient (Wildman–Crippen LogP) is 3.21. The maximum absolute atomic E-state index is 4.06. The van der Waals surface area contributed by atoms with E-state index in [-0.39, 0.29) is 0 Å². The highest BCUT2D eigenvalue weighted by Gasteiger charge is 2.14. The van der Waals surface area contributed by atoms with Gasteiger partial charge in [-0.1, -0.05) is 6.92 Å². The van der Waals surface area contributed by atoms with Crippen molar-refractivity contribution in [1.29, 1.82) is 0 Å². The summed E-state index contributed by atoms with van der Waals surface area (Å²) in [6, 6.07) is 6.82. The fourth-order valence-electron chi connectivity index (χ4n) is 2.03. The van der Waals surface area contributed by atoms with Crippen LogP contribution in [0.1, 0.15) is 29.0 Å². The van der Waals surface area contributed by atoms with Gasteiger partial charge in [0.15, 0.2) is 0 Å². The van der Waals surface area contributed by atoms with Crippen LogP contribution in [0.25, 0.3) is 0 Å². The van der Waals surface area contributed by atoms with Crippen LogP contribution in [-0.4, -0.2) is 12.0 Å². The van der Waals surface area contributed by atoms with Crippen LogP contribution in [0.15, 0.2) is 36.0 Å². The van der Waals surface area contributed by atoms with Crippen molar-refractivity contribution in [2.24, 2.45) is 0 Å². The molecule has 0 fully saturated rings. The highest BCUT2D eigenvalue weighted by Crippen LogP contribution is 2.27.